The Morgan fingerprint density at radius 3 is 2.86 bits per heavy atom. The van der Waals surface area contributed by atoms with Crippen molar-refractivity contribution in [3.63, 3.8) is 0 Å². The Morgan fingerprint density at radius 2 is 2.14 bits per heavy atom. The molecule has 1 aromatic heterocycles. The number of thioether (sulfide) groups is 1. The molecule has 0 aliphatic rings. The predicted octanol–water partition coefficient (Wildman–Crippen LogP) is 5.06. The van der Waals surface area contributed by atoms with Crippen molar-refractivity contribution in [1.82, 2.24) is 0 Å². The lowest BCUT2D eigenvalue weighted by atomic mass is 10.3. The zero-order valence-corrected chi connectivity index (χ0v) is 14.7. The van der Waals surface area contributed by atoms with Gasteiger partial charge in [-0.3, -0.25) is 4.79 Å². The molecule has 1 aromatic carbocycles. The fourth-order valence-corrected chi connectivity index (χ4v) is 3.79. The molecule has 0 spiro atoms. The van der Waals surface area contributed by atoms with Crippen LogP contribution in [0, 0.1) is 0 Å². The zero-order valence-electron chi connectivity index (χ0n) is 12.3. The molecular weight excluding hydrogens is 338 g/mol. The Morgan fingerprint density at radius 1 is 1.32 bits per heavy atom. The number of amides is 1. The molecule has 2 aromatic rings. The molecule has 2 rings (SSSR count). The second-order valence-electron chi connectivity index (χ2n) is 4.59. The monoisotopic (exact) mass is 355 g/mol. The quantitative estimate of drug-likeness (QED) is 0.719. The van der Waals surface area contributed by atoms with Crippen molar-refractivity contribution in [2.75, 3.05) is 17.7 Å². The smallest absolute Gasteiger partial charge is 0.234 e. The number of hydrogen-bond acceptors (Lipinski definition) is 4. The molecule has 6 heteroatoms. The Hall–Kier alpha value is -1.17. The summed E-state index contributed by atoms with van der Waals surface area (Å²) in [6, 6.07) is 11.4. The highest BCUT2D eigenvalue weighted by Gasteiger charge is 2.08. The van der Waals surface area contributed by atoms with E-state index in [0.29, 0.717) is 18.1 Å². The number of carbonyl (C=O) groups excluding carboxylic acids is 1. The van der Waals surface area contributed by atoms with Gasteiger partial charge in [0.05, 0.1) is 22.4 Å². The number of ether oxygens (including phenoxy) is 1. The van der Waals surface area contributed by atoms with Gasteiger partial charge in [0.25, 0.3) is 0 Å². The Kier molecular flexibility index (Phi) is 7.09. The van der Waals surface area contributed by atoms with E-state index >= 15 is 0 Å². The number of hydrogen-bond donors (Lipinski definition) is 1. The minimum absolute atomic E-state index is 0.0276. The fraction of sp³-hybridized carbons (Fsp3) is 0.312. The van der Waals surface area contributed by atoms with E-state index in [9.17, 15) is 4.79 Å². The fourth-order valence-electron chi connectivity index (χ4n) is 1.77. The third kappa shape index (κ3) is 5.55. The van der Waals surface area contributed by atoms with E-state index in [1.165, 1.54) is 4.88 Å². The summed E-state index contributed by atoms with van der Waals surface area (Å²) in [5.41, 5.74) is 0.723. The third-order valence-corrected chi connectivity index (χ3v) is 5.12. The number of benzene rings is 1. The van der Waals surface area contributed by atoms with E-state index in [2.05, 4.69) is 12.2 Å². The summed E-state index contributed by atoms with van der Waals surface area (Å²) in [7, 11) is 0. The Labute approximate surface area is 144 Å². The van der Waals surface area contributed by atoms with Crippen molar-refractivity contribution in [3.8, 4) is 5.75 Å². The van der Waals surface area contributed by atoms with Crippen LogP contribution in [0.4, 0.5) is 5.69 Å². The summed E-state index contributed by atoms with van der Waals surface area (Å²) in [5.74, 6) is 1.88. The van der Waals surface area contributed by atoms with E-state index < -0.39 is 0 Å². The average Bonchev–Trinajstić information content (AvgIpc) is 2.92. The van der Waals surface area contributed by atoms with E-state index in [4.69, 9.17) is 16.3 Å². The SMILES string of the molecule is CCCOc1ccccc1NC(=O)CSCc1ccc(Cl)s1. The van der Waals surface area contributed by atoms with Crippen LogP contribution in [0.2, 0.25) is 4.34 Å². The van der Waals surface area contributed by atoms with Crippen LogP contribution in [-0.4, -0.2) is 18.3 Å². The van der Waals surface area contributed by atoms with Crippen molar-refractivity contribution >= 4 is 46.3 Å². The van der Waals surface area contributed by atoms with Crippen LogP contribution in [0.15, 0.2) is 36.4 Å². The number of thiophene rings is 1. The lowest BCUT2D eigenvalue weighted by Gasteiger charge is -2.11. The van der Waals surface area contributed by atoms with E-state index in [-0.39, 0.29) is 5.91 Å². The summed E-state index contributed by atoms with van der Waals surface area (Å²) < 4.78 is 6.41. The van der Waals surface area contributed by atoms with E-state index in [1.54, 1.807) is 23.1 Å². The van der Waals surface area contributed by atoms with Gasteiger partial charge in [-0.2, -0.15) is 0 Å². The van der Waals surface area contributed by atoms with Crippen molar-refractivity contribution in [1.29, 1.82) is 0 Å². The van der Waals surface area contributed by atoms with Crippen LogP contribution < -0.4 is 10.1 Å². The molecular formula is C16H18ClNO2S2. The molecule has 1 N–H and O–H groups in total. The maximum Gasteiger partial charge on any atom is 0.234 e. The van der Waals surface area contributed by atoms with Gasteiger partial charge in [0.15, 0.2) is 0 Å². The van der Waals surface area contributed by atoms with E-state index in [1.807, 2.05) is 36.4 Å². The Balaban J connectivity index is 1.81. The minimum atomic E-state index is -0.0276. The second kappa shape index (κ2) is 9.08. The molecule has 1 amide bonds. The molecule has 0 aliphatic carbocycles. The largest absolute Gasteiger partial charge is 0.491 e. The van der Waals surface area contributed by atoms with Crippen molar-refractivity contribution in [2.45, 2.75) is 19.1 Å². The standard InChI is InChI=1S/C16H18ClNO2S2/c1-2-9-20-14-6-4-3-5-13(14)18-16(19)11-21-10-12-7-8-15(17)22-12/h3-8H,2,9-11H2,1H3,(H,18,19). The molecule has 0 radical (unpaired) electrons. The van der Waals surface area contributed by atoms with Crippen molar-refractivity contribution in [3.05, 3.63) is 45.6 Å². The second-order valence-corrected chi connectivity index (χ2v) is 7.38. The summed E-state index contributed by atoms with van der Waals surface area (Å²) in [5, 5.41) is 2.90. The van der Waals surface area contributed by atoms with Crippen LogP contribution in [0.1, 0.15) is 18.2 Å². The number of halogens is 1. The van der Waals surface area contributed by atoms with Gasteiger partial charge in [-0.25, -0.2) is 0 Å². The molecule has 118 valence electrons. The molecule has 0 aliphatic heterocycles. The third-order valence-electron chi connectivity index (χ3n) is 2.73. The molecule has 0 atom stereocenters. The molecule has 1 heterocycles. The van der Waals surface area contributed by atoms with Crippen LogP contribution >= 0.6 is 34.7 Å². The first-order valence-corrected chi connectivity index (χ1v) is 9.37. The summed E-state index contributed by atoms with van der Waals surface area (Å²) >= 11 is 9.00. The predicted molar refractivity (Wildman–Crippen MR) is 96.3 cm³/mol. The van der Waals surface area contributed by atoms with Crippen molar-refractivity contribution in [2.24, 2.45) is 0 Å². The molecule has 0 bridgehead atoms. The molecule has 0 saturated heterocycles. The highest BCUT2D eigenvalue weighted by Crippen LogP contribution is 2.26. The first-order valence-electron chi connectivity index (χ1n) is 7.02. The van der Waals surface area contributed by atoms with E-state index in [0.717, 1.165) is 22.2 Å². The number of rotatable bonds is 8. The highest BCUT2D eigenvalue weighted by molar-refractivity contribution is 7.99. The Bertz CT molecular complexity index is 616. The van der Waals surface area contributed by atoms with Crippen LogP contribution in [-0.2, 0) is 10.5 Å². The first kappa shape index (κ1) is 17.2. The van der Waals surface area contributed by atoms with Gasteiger partial charge >= 0.3 is 0 Å². The molecule has 0 saturated carbocycles. The van der Waals surface area contributed by atoms with Crippen LogP contribution in [0.3, 0.4) is 0 Å². The minimum Gasteiger partial charge on any atom is -0.491 e. The van der Waals surface area contributed by atoms with Gasteiger partial charge in [0.2, 0.25) is 5.91 Å². The average molecular weight is 356 g/mol. The highest BCUT2D eigenvalue weighted by atomic mass is 35.5. The summed E-state index contributed by atoms with van der Waals surface area (Å²) in [6.07, 6.45) is 0.932. The summed E-state index contributed by atoms with van der Waals surface area (Å²) in [4.78, 5) is 13.2. The number of carbonyl (C=O) groups is 1. The number of nitrogens with one attached hydrogen (secondary N) is 1. The lowest BCUT2D eigenvalue weighted by molar-refractivity contribution is -0.113. The van der Waals surface area contributed by atoms with Gasteiger partial charge in [-0.1, -0.05) is 30.7 Å². The zero-order chi connectivity index (χ0) is 15.8. The molecule has 0 fully saturated rings. The molecule has 22 heavy (non-hydrogen) atoms. The normalized spacial score (nSPS) is 10.5. The maximum atomic E-state index is 12.0. The maximum absolute atomic E-state index is 12.0. The van der Waals surface area contributed by atoms with Crippen LogP contribution in [0.5, 0.6) is 5.75 Å². The van der Waals surface area contributed by atoms with Gasteiger partial charge in [-0.05, 0) is 30.7 Å². The molecule has 0 unspecified atom stereocenters. The topological polar surface area (TPSA) is 38.3 Å². The number of para-hydroxylation sites is 2. The van der Waals surface area contributed by atoms with Gasteiger partial charge in [0.1, 0.15) is 5.75 Å². The van der Waals surface area contributed by atoms with Gasteiger partial charge in [0, 0.05) is 10.6 Å². The van der Waals surface area contributed by atoms with Gasteiger partial charge < -0.3 is 10.1 Å². The van der Waals surface area contributed by atoms with Crippen LogP contribution in [0.25, 0.3) is 0 Å². The lowest BCUT2D eigenvalue weighted by Crippen LogP contribution is -2.15. The van der Waals surface area contributed by atoms with Gasteiger partial charge in [-0.15, -0.1) is 23.1 Å². The molecule has 3 nitrogen and oxygen atoms in total. The number of anilines is 1. The summed E-state index contributed by atoms with van der Waals surface area (Å²) in [6.45, 7) is 2.69. The first-order chi connectivity index (χ1) is 10.7. The van der Waals surface area contributed by atoms with Crippen molar-refractivity contribution < 1.29 is 9.53 Å².